The van der Waals surface area contributed by atoms with Gasteiger partial charge in [0.15, 0.2) is 11.6 Å². The molecule has 3 N–H and O–H groups in total. The summed E-state index contributed by atoms with van der Waals surface area (Å²) in [5, 5.41) is 8.05. The van der Waals surface area contributed by atoms with Crippen molar-refractivity contribution in [2.45, 2.75) is 0 Å². The lowest BCUT2D eigenvalue weighted by atomic mass is 10.2. The van der Waals surface area contributed by atoms with Crippen LogP contribution in [0.4, 0.5) is 5.69 Å². The number of aromatic nitrogens is 3. The topological polar surface area (TPSA) is 67.6 Å². The number of rotatable bonds is 2. The van der Waals surface area contributed by atoms with E-state index in [4.69, 9.17) is 28.9 Å². The van der Waals surface area contributed by atoms with E-state index in [0.717, 1.165) is 11.1 Å². The van der Waals surface area contributed by atoms with Gasteiger partial charge in [-0.25, -0.2) is 4.98 Å². The fraction of sp³-hybridized carbons (Fsp3) is 0. The number of hydrogen-bond donors (Lipinski definition) is 2. The van der Waals surface area contributed by atoms with Crippen molar-refractivity contribution < 1.29 is 0 Å². The number of anilines is 1. The smallest absolute Gasteiger partial charge is 0.181 e. The highest BCUT2D eigenvalue weighted by molar-refractivity contribution is 6.42. The average molecular weight is 305 g/mol. The molecule has 1 aromatic heterocycles. The number of aromatic amines is 1. The van der Waals surface area contributed by atoms with E-state index >= 15 is 0 Å². The first-order valence-corrected chi connectivity index (χ1v) is 6.63. The minimum Gasteiger partial charge on any atom is -0.399 e. The van der Waals surface area contributed by atoms with Crippen LogP contribution in [0.5, 0.6) is 0 Å². The van der Waals surface area contributed by atoms with E-state index in [0.29, 0.717) is 27.4 Å². The number of nitrogens with zero attached hydrogens (tertiary/aromatic N) is 2. The third kappa shape index (κ3) is 2.48. The lowest BCUT2D eigenvalue weighted by Gasteiger charge is -1.99. The molecule has 0 spiro atoms. The van der Waals surface area contributed by atoms with E-state index in [1.807, 2.05) is 30.3 Å². The van der Waals surface area contributed by atoms with Gasteiger partial charge in [-0.05, 0) is 30.3 Å². The molecule has 0 atom stereocenters. The van der Waals surface area contributed by atoms with Gasteiger partial charge in [0.05, 0.1) is 10.0 Å². The van der Waals surface area contributed by atoms with Gasteiger partial charge in [-0.3, -0.25) is 5.10 Å². The third-order valence-corrected chi connectivity index (χ3v) is 3.56. The summed E-state index contributed by atoms with van der Waals surface area (Å²) in [6.07, 6.45) is 0. The molecule has 0 aliphatic heterocycles. The molecule has 0 aliphatic carbocycles. The van der Waals surface area contributed by atoms with Crippen LogP contribution in [0, 0.1) is 0 Å². The van der Waals surface area contributed by atoms with E-state index in [-0.39, 0.29) is 0 Å². The molecule has 1 heterocycles. The van der Waals surface area contributed by atoms with Crippen molar-refractivity contribution in [2.24, 2.45) is 0 Å². The summed E-state index contributed by atoms with van der Waals surface area (Å²) in [6, 6.07) is 12.7. The van der Waals surface area contributed by atoms with Gasteiger partial charge in [-0.1, -0.05) is 35.3 Å². The van der Waals surface area contributed by atoms with Crippen LogP contribution in [-0.2, 0) is 0 Å². The zero-order valence-corrected chi connectivity index (χ0v) is 11.8. The summed E-state index contributed by atoms with van der Waals surface area (Å²) in [5.74, 6) is 1.21. The maximum absolute atomic E-state index is 6.00. The van der Waals surface area contributed by atoms with Gasteiger partial charge < -0.3 is 5.73 Å². The van der Waals surface area contributed by atoms with Crippen molar-refractivity contribution >= 4 is 28.9 Å². The maximum Gasteiger partial charge on any atom is 0.181 e. The summed E-state index contributed by atoms with van der Waals surface area (Å²) in [5.41, 5.74) is 8.10. The van der Waals surface area contributed by atoms with Crippen molar-refractivity contribution in [2.75, 3.05) is 5.73 Å². The SMILES string of the molecule is Nc1cccc(-c2n[nH]c(-c3ccc(Cl)c(Cl)c3)n2)c1. The fourth-order valence-corrected chi connectivity index (χ4v) is 2.14. The second kappa shape index (κ2) is 5.15. The molecule has 3 rings (SSSR count). The van der Waals surface area contributed by atoms with Crippen molar-refractivity contribution in [1.29, 1.82) is 0 Å². The molecular weight excluding hydrogens is 295 g/mol. The first-order valence-electron chi connectivity index (χ1n) is 5.87. The van der Waals surface area contributed by atoms with Gasteiger partial charge in [0.25, 0.3) is 0 Å². The normalized spacial score (nSPS) is 10.7. The predicted molar refractivity (Wildman–Crippen MR) is 81.7 cm³/mol. The Hall–Kier alpha value is -2.04. The Morgan fingerprint density at radius 3 is 2.55 bits per heavy atom. The maximum atomic E-state index is 6.00. The highest BCUT2D eigenvalue weighted by Gasteiger charge is 2.09. The Bertz CT molecular complexity index is 767. The molecule has 2 aromatic carbocycles. The number of H-pyrrole nitrogens is 1. The molecule has 100 valence electrons. The summed E-state index contributed by atoms with van der Waals surface area (Å²) >= 11 is 11.9. The van der Waals surface area contributed by atoms with Gasteiger partial charge in [0.2, 0.25) is 0 Å². The monoisotopic (exact) mass is 304 g/mol. The van der Waals surface area contributed by atoms with Gasteiger partial charge in [-0.15, -0.1) is 0 Å². The average Bonchev–Trinajstić information content (AvgIpc) is 2.92. The van der Waals surface area contributed by atoms with E-state index in [9.17, 15) is 0 Å². The number of nitrogens with one attached hydrogen (secondary N) is 1. The fourth-order valence-electron chi connectivity index (χ4n) is 1.84. The van der Waals surface area contributed by atoms with Crippen molar-refractivity contribution in [3.05, 3.63) is 52.5 Å². The van der Waals surface area contributed by atoms with Crippen molar-refractivity contribution in [1.82, 2.24) is 15.2 Å². The summed E-state index contributed by atoms with van der Waals surface area (Å²) in [7, 11) is 0. The van der Waals surface area contributed by atoms with Gasteiger partial charge in [0, 0.05) is 16.8 Å². The quantitative estimate of drug-likeness (QED) is 0.702. The van der Waals surface area contributed by atoms with Gasteiger partial charge >= 0.3 is 0 Å². The van der Waals surface area contributed by atoms with Crippen LogP contribution >= 0.6 is 23.2 Å². The Kier molecular flexibility index (Phi) is 3.34. The Morgan fingerprint density at radius 2 is 1.80 bits per heavy atom. The van der Waals surface area contributed by atoms with E-state index in [1.54, 1.807) is 12.1 Å². The van der Waals surface area contributed by atoms with Crippen LogP contribution in [-0.4, -0.2) is 15.2 Å². The molecule has 20 heavy (non-hydrogen) atoms. The number of halogens is 2. The summed E-state index contributed by atoms with van der Waals surface area (Å²) in [6.45, 7) is 0. The number of nitrogens with two attached hydrogens (primary N) is 1. The molecule has 0 bridgehead atoms. The molecule has 6 heteroatoms. The van der Waals surface area contributed by atoms with Crippen LogP contribution in [0.25, 0.3) is 22.8 Å². The first-order chi connectivity index (χ1) is 9.63. The predicted octanol–water partition coefficient (Wildman–Crippen LogP) is 4.03. The largest absolute Gasteiger partial charge is 0.399 e. The molecular formula is C14H10Cl2N4. The Balaban J connectivity index is 1.99. The van der Waals surface area contributed by atoms with Crippen LogP contribution in [0.3, 0.4) is 0 Å². The van der Waals surface area contributed by atoms with Crippen LogP contribution in [0.15, 0.2) is 42.5 Å². The van der Waals surface area contributed by atoms with Crippen molar-refractivity contribution in [3.8, 4) is 22.8 Å². The van der Waals surface area contributed by atoms with Crippen LogP contribution in [0.1, 0.15) is 0 Å². The molecule has 0 radical (unpaired) electrons. The van der Waals surface area contributed by atoms with E-state index in [1.165, 1.54) is 0 Å². The number of benzene rings is 2. The van der Waals surface area contributed by atoms with Crippen LogP contribution < -0.4 is 5.73 Å². The Labute approximate surface area is 125 Å². The minimum atomic E-state index is 0.478. The second-order valence-corrected chi connectivity index (χ2v) is 5.08. The minimum absolute atomic E-state index is 0.478. The number of hydrogen-bond acceptors (Lipinski definition) is 3. The highest BCUT2D eigenvalue weighted by atomic mass is 35.5. The molecule has 0 fully saturated rings. The number of nitrogen functional groups attached to an aromatic ring is 1. The zero-order chi connectivity index (χ0) is 14.1. The molecule has 0 amide bonds. The van der Waals surface area contributed by atoms with Gasteiger partial charge in [-0.2, -0.15) is 5.10 Å². The molecule has 0 aliphatic rings. The molecule has 0 unspecified atom stereocenters. The lowest BCUT2D eigenvalue weighted by Crippen LogP contribution is -1.86. The lowest BCUT2D eigenvalue weighted by molar-refractivity contribution is 1.10. The van der Waals surface area contributed by atoms with Gasteiger partial charge in [0.1, 0.15) is 0 Å². The Morgan fingerprint density at radius 1 is 0.950 bits per heavy atom. The zero-order valence-electron chi connectivity index (χ0n) is 10.3. The molecule has 0 saturated heterocycles. The molecule has 3 aromatic rings. The van der Waals surface area contributed by atoms with E-state index in [2.05, 4.69) is 15.2 Å². The standard InChI is InChI=1S/C14H10Cl2N4/c15-11-5-4-9(7-12(11)16)14-18-13(19-20-14)8-2-1-3-10(17)6-8/h1-7H,17H2,(H,18,19,20). The van der Waals surface area contributed by atoms with Crippen molar-refractivity contribution in [3.63, 3.8) is 0 Å². The summed E-state index contributed by atoms with van der Waals surface area (Å²) < 4.78 is 0. The molecule has 0 saturated carbocycles. The second-order valence-electron chi connectivity index (χ2n) is 4.26. The van der Waals surface area contributed by atoms with E-state index < -0.39 is 0 Å². The molecule has 4 nitrogen and oxygen atoms in total. The summed E-state index contributed by atoms with van der Waals surface area (Å²) in [4.78, 5) is 4.44. The highest BCUT2D eigenvalue weighted by Crippen LogP contribution is 2.27. The van der Waals surface area contributed by atoms with Crippen LogP contribution in [0.2, 0.25) is 10.0 Å². The first kappa shape index (κ1) is 13.0. The third-order valence-electron chi connectivity index (χ3n) is 2.82.